The molecule has 0 radical (unpaired) electrons. The summed E-state index contributed by atoms with van der Waals surface area (Å²) in [6, 6.07) is 9.39. The maximum atomic E-state index is 13.0. The van der Waals surface area contributed by atoms with E-state index in [1.54, 1.807) is 38.4 Å². The normalized spacial score (nSPS) is 14.4. The van der Waals surface area contributed by atoms with Crippen LogP contribution in [0.2, 0.25) is 0 Å². The number of hydrogen-bond donors (Lipinski definition) is 1. The van der Waals surface area contributed by atoms with Gasteiger partial charge in [-0.1, -0.05) is 6.07 Å². The van der Waals surface area contributed by atoms with Gasteiger partial charge in [0.15, 0.2) is 11.5 Å². The number of carbonyl (C=O) groups is 1. The van der Waals surface area contributed by atoms with Crippen LogP contribution in [0, 0.1) is 5.82 Å². The number of anilines is 1. The number of hydrogen-bond acceptors (Lipinski definition) is 5. The lowest BCUT2D eigenvalue weighted by Crippen LogP contribution is -2.49. The van der Waals surface area contributed by atoms with E-state index >= 15 is 0 Å². The van der Waals surface area contributed by atoms with Crippen molar-refractivity contribution in [3.8, 4) is 17.2 Å². The lowest BCUT2D eigenvalue weighted by molar-refractivity contribution is 0.142. The Balaban J connectivity index is 1.58. The standard InChI is InChI=1S/C21H26FN3O4/c1-27-18-9-4-15(19(28-2)20(18)29-3)14-24-10-12-25(13-11-24)21(26)23-17-7-5-16(22)6-8-17/h4-9H,10-14H2,1-3H3,(H,23,26). The highest BCUT2D eigenvalue weighted by Crippen LogP contribution is 2.40. The van der Waals surface area contributed by atoms with Gasteiger partial charge in [0.2, 0.25) is 5.75 Å². The van der Waals surface area contributed by atoms with Crippen LogP contribution in [0.25, 0.3) is 0 Å². The number of ether oxygens (including phenoxy) is 3. The number of piperazine rings is 1. The van der Waals surface area contributed by atoms with E-state index in [2.05, 4.69) is 10.2 Å². The largest absolute Gasteiger partial charge is 0.493 e. The van der Waals surface area contributed by atoms with E-state index in [-0.39, 0.29) is 11.8 Å². The molecule has 7 nitrogen and oxygen atoms in total. The molecule has 1 heterocycles. The molecule has 0 spiro atoms. The number of halogens is 1. The van der Waals surface area contributed by atoms with E-state index in [1.165, 1.54) is 12.1 Å². The summed E-state index contributed by atoms with van der Waals surface area (Å²) in [5.74, 6) is 1.52. The van der Waals surface area contributed by atoms with Gasteiger partial charge >= 0.3 is 6.03 Å². The highest BCUT2D eigenvalue weighted by Gasteiger charge is 2.23. The molecular formula is C21H26FN3O4. The predicted octanol–water partition coefficient (Wildman–Crippen LogP) is 3.20. The van der Waals surface area contributed by atoms with Crippen LogP contribution in [0.5, 0.6) is 17.2 Å². The van der Waals surface area contributed by atoms with Gasteiger partial charge in [0.25, 0.3) is 0 Å². The Morgan fingerprint density at radius 1 is 0.931 bits per heavy atom. The minimum Gasteiger partial charge on any atom is -0.493 e. The van der Waals surface area contributed by atoms with Crippen molar-refractivity contribution in [2.45, 2.75) is 6.54 Å². The van der Waals surface area contributed by atoms with E-state index in [0.29, 0.717) is 42.6 Å². The lowest BCUT2D eigenvalue weighted by Gasteiger charge is -2.35. The number of amides is 2. The summed E-state index contributed by atoms with van der Waals surface area (Å²) in [4.78, 5) is 16.4. The summed E-state index contributed by atoms with van der Waals surface area (Å²) in [7, 11) is 4.79. The zero-order valence-corrected chi connectivity index (χ0v) is 16.9. The molecule has 8 heteroatoms. The number of rotatable bonds is 6. The average Bonchev–Trinajstić information content (AvgIpc) is 2.75. The fraction of sp³-hybridized carbons (Fsp3) is 0.381. The maximum absolute atomic E-state index is 13.0. The van der Waals surface area contributed by atoms with Crippen molar-refractivity contribution < 1.29 is 23.4 Å². The minimum atomic E-state index is -0.331. The van der Waals surface area contributed by atoms with Gasteiger partial charge in [-0.05, 0) is 30.3 Å². The van der Waals surface area contributed by atoms with Crippen molar-refractivity contribution in [2.24, 2.45) is 0 Å². The Morgan fingerprint density at radius 3 is 2.17 bits per heavy atom. The van der Waals surface area contributed by atoms with Crippen LogP contribution in [0.4, 0.5) is 14.9 Å². The Kier molecular flexibility index (Phi) is 6.77. The first kappa shape index (κ1) is 20.7. The van der Waals surface area contributed by atoms with Crippen LogP contribution in [0.1, 0.15) is 5.56 Å². The van der Waals surface area contributed by atoms with Gasteiger partial charge in [-0.25, -0.2) is 9.18 Å². The first-order valence-electron chi connectivity index (χ1n) is 9.37. The molecule has 29 heavy (non-hydrogen) atoms. The highest BCUT2D eigenvalue weighted by atomic mass is 19.1. The second-order valence-electron chi connectivity index (χ2n) is 6.69. The SMILES string of the molecule is COc1ccc(CN2CCN(C(=O)Nc3ccc(F)cc3)CC2)c(OC)c1OC. The summed E-state index contributed by atoms with van der Waals surface area (Å²) in [6.45, 7) is 3.34. The molecule has 0 saturated carbocycles. The molecule has 2 aromatic carbocycles. The summed E-state index contributed by atoms with van der Waals surface area (Å²) in [5.41, 5.74) is 1.57. The Bertz CT molecular complexity index is 837. The van der Waals surface area contributed by atoms with Crippen LogP contribution in [-0.2, 0) is 6.54 Å². The van der Waals surface area contributed by atoms with Crippen molar-refractivity contribution >= 4 is 11.7 Å². The zero-order valence-electron chi connectivity index (χ0n) is 16.9. The molecule has 0 bridgehead atoms. The molecule has 0 unspecified atom stereocenters. The van der Waals surface area contributed by atoms with E-state index in [9.17, 15) is 9.18 Å². The third-order valence-electron chi connectivity index (χ3n) is 4.93. The number of carbonyl (C=O) groups excluding carboxylic acids is 1. The maximum Gasteiger partial charge on any atom is 0.321 e. The van der Waals surface area contributed by atoms with E-state index in [0.717, 1.165) is 18.7 Å². The number of nitrogens with one attached hydrogen (secondary N) is 1. The van der Waals surface area contributed by atoms with Crippen LogP contribution in [0.3, 0.4) is 0 Å². The van der Waals surface area contributed by atoms with Gasteiger partial charge in [0.05, 0.1) is 21.3 Å². The van der Waals surface area contributed by atoms with Gasteiger partial charge in [-0.2, -0.15) is 0 Å². The molecule has 2 amide bonds. The first-order valence-corrected chi connectivity index (χ1v) is 9.37. The quantitative estimate of drug-likeness (QED) is 0.803. The molecule has 1 fully saturated rings. The molecule has 3 rings (SSSR count). The summed E-state index contributed by atoms with van der Waals surface area (Å²) >= 11 is 0. The number of urea groups is 1. The van der Waals surface area contributed by atoms with E-state index in [4.69, 9.17) is 14.2 Å². The molecule has 156 valence electrons. The van der Waals surface area contributed by atoms with E-state index in [1.807, 2.05) is 12.1 Å². The first-order chi connectivity index (χ1) is 14.0. The van der Waals surface area contributed by atoms with Crippen molar-refractivity contribution in [2.75, 3.05) is 52.8 Å². The second-order valence-corrected chi connectivity index (χ2v) is 6.69. The fourth-order valence-corrected chi connectivity index (χ4v) is 3.37. The minimum absolute atomic E-state index is 0.181. The molecule has 1 N–H and O–H groups in total. The average molecular weight is 403 g/mol. The van der Waals surface area contributed by atoms with Crippen molar-refractivity contribution in [3.05, 3.63) is 47.8 Å². The molecule has 2 aromatic rings. The summed E-state index contributed by atoms with van der Waals surface area (Å²) < 4.78 is 29.3. The Hall–Kier alpha value is -3.00. The second kappa shape index (κ2) is 9.47. The summed E-state index contributed by atoms with van der Waals surface area (Å²) in [6.07, 6.45) is 0. The van der Waals surface area contributed by atoms with Gasteiger partial charge in [0, 0.05) is 44.0 Å². The smallest absolute Gasteiger partial charge is 0.321 e. The lowest BCUT2D eigenvalue weighted by atomic mass is 10.1. The van der Waals surface area contributed by atoms with E-state index < -0.39 is 0 Å². The highest BCUT2D eigenvalue weighted by molar-refractivity contribution is 5.89. The molecule has 0 aromatic heterocycles. The molecule has 0 atom stereocenters. The molecule has 1 aliphatic heterocycles. The van der Waals surface area contributed by atoms with Gasteiger partial charge in [-0.3, -0.25) is 4.90 Å². The van der Waals surface area contributed by atoms with Crippen LogP contribution in [0.15, 0.2) is 36.4 Å². The Morgan fingerprint density at radius 2 is 1.59 bits per heavy atom. The number of nitrogens with zero attached hydrogens (tertiary/aromatic N) is 2. The molecule has 1 aliphatic rings. The Labute approximate surface area is 170 Å². The number of benzene rings is 2. The van der Waals surface area contributed by atoms with Gasteiger partial charge in [0.1, 0.15) is 5.82 Å². The van der Waals surface area contributed by atoms with Crippen molar-refractivity contribution in [1.82, 2.24) is 9.80 Å². The number of methoxy groups -OCH3 is 3. The summed E-state index contributed by atoms with van der Waals surface area (Å²) in [5, 5.41) is 2.80. The fourth-order valence-electron chi connectivity index (χ4n) is 3.37. The molecule has 0 aliphatic carbocycles. The topological polar surface area (TPSA) is 63.3 Å². The van der Waals surface area contributed by atoms with Crippen molar-refractivity contribution in [3.63, 3.8) is 0 Å². The van der Waals surface area contributed by atoms with Gasteiger partial charge < -0.3 is 24.4 Å². The van der Waals surface area contributed by atoms with Crippen LogP contribution in [-0.4, -0.2) is 63.3 Å². The van der Waals surface area contributed by atoms with Crippen LogP contribution < -0.4 is 19.5 Å². The third-order valence-corrected chi connectivity index (χ3v) is 4.93. The molecule has 1 saturated heterocycles. The third kappa shape index (κ3) is 4.89. The van der Waals surface area contributed by atoms with Crippen LogP contribution >= 0.6 is 0 Å². The molecular weight excluding hydrogens is 377 g/mol. The monoisotopic (exact) mass is 403 g/mol. The van der Waals surface area contributed by atoms with Gasteiger partial charge in [-0.15, -0.1) is 0 Å². The van der Waals surface area contributed by atoms with Crippen molar-refractivity contribution in [1.29, 1.82) is 0 Å². The predicted molar refractivity (Wildman–Crippen MR) is 108 cm³/mol. The zero-order chi connectivity index (χ0) is 20.8.